The molecule has 0 fully saturated rings. The van der Waals surface area contributed by atoms with Crippen LogP contribution in [-0.2, 0) is 10.9 Å². The van der Waals surface area contributed by atoms with E-state index in [9.17, 15) is 23.3 Å². The highest BCUT2D eigenvalue weighted by Crippen LogP contribution is 2.37. The van der Waals surface area contributed by atoms with Crippen molar-refractivity contribution in [3.63, 3.8) is 0 Å². The topological polar surface area (TPSA) is 74.0 Å². The van der Waals surface area contributed by atoms with Crippen LogP contribution in [-0.4, -0.2) is 17.4 Å². The quantitative estimate of drug-likeness (QED) is 0.369. The molecular weight excluding hydrogens is 281 g/mol. The zero-order chi connectivity index (χ0) is 15.3. The van der Waals surface area contributed by atoms with E-state index in [2.05, 4.69) is 5.16 Å². The summed E-state index contributed by atoms with van der Waals surface area (Å²) in [5, 5.41) is 14.1. The molecule has 0 amide bonds. The SMILES string of the molecule is CCO/C(C)=N\Oc1ccc(C(F)(F)F)c([N+](=O)[O-])c1. The van der Waals surface area contributed by atoms with Gasteiger partial charge in [0.25, 0.3) is 5.69 Å². The molecular formula is C11H11F3N2O4. The zero-order valence-electron chi connectivity index (χ0n) is 10.6. The molecule has 0 unspecified atom stereocenters. The second-order valence-electron chi connectivity index (χ2n) is 3.57. The van der Waals surface area contributed by atoms with Gasteiger partial charge in [0.2, 0.25) is 5.90 Å². The van der Waals surface area contributed by atoms with Crippen LogP contribution in [0.25, 0.3) is 0 Å². The van der Waals surface area contributed by atoms with Gasteiger partial charge < -0.3 is 9.57 Å². The first-order chi connectivity index (χ1) is 9.25. The van der Waals surface area contributed by atoms with Crippen LogP contribution < -0.4 is 4.84 Å². The molecule has 9 heteroatoms. The predicted molar refractivity (Wildman–Crippen MR) is 63.5 cm³/mol. The number of alkyl halides is 3. The minimum atomic E-state index is -4.81. The summed E-state index contributed by atoms with van der Waals surface area (Å²) in [4.78, 5) is 14.3. The highest BCUT2D eigenvalue weighted by Gasteiger charge is 2.38. The molecule has 0 heterocycles. The van der Waals surface area contributed by atoms with Crippen molar-refractivity contribution in [2.45, 2.75) is 20.0 Å². The van der Waals surface area contributed by atoms with Crippen LogP contribution >= 0.6 is 0 Å². The van der Waals surface area contributed by atoms with Gasteiger partial charge in [-0.3, -0.25) is 10.1 Å². The van der Waals surface area contributed by atoms with Crippen molar-refractivity contribution < 1.29 is 27.7 Å². The molecule has 1 aromatic carbocycles. The van der Waals surface area contributed by atoms with E-state index in [0.717, 1.165) is 6.07 Å². The van der Waals surface area contributed by atoms with Crippen LogP contribution in [0.4, 0.5) is 18.9 Å². The number of benzene rings is 1. The van der Waals surface area contributed by atoms with E-state index in [1.54, 1.807) is 6.92 Å². The molecule has 1 rings (SSSR count). The first-order valence-electron chi connectivity index (χ1n) is 5.45. The molecule has 0 radical (unpaired) electrons. The Kier molecular flexibility index (Phi) is 4.89. The van der Waals surface area contributed by atoms with E-state index in [1.807, 2.05) is 0 Å². The van der Waals surface area contributed by atoms with Crippen LogP contribution in [0.1, 0.15) is 19.4 Å². The van der Waals surface area contributed by atoms with Crippen molar-refractivity contribution >= 4 is 11.6 Å². The van der Waals surface area contributed by atoms with Gasteiger partial charge in [0.05, 0.1) is 17.6 Å². The maximum absolute atomic E-state index is 12.6. The first kappa shape index (κ1) is 15.7. The minimum absolute atomic E-state index is 0.148. The van der Waals surface area contributed by atoms with Gasteiger partial charge in [-0.05, 0) is 24.2 Å². The monoisotopic (exact) mass is 292 g/mol. The molecule has 0 saturated heterocycles. The molecule has 0 bridgehead atoms. The number of hydrogen-bond acceptors (Lipinski definition) is 5. The fourth-order valence-corrected chi connectivity index (χ4v) is 1.31. The third-order valence-corrected chi connectivity index (χ3v) is 2.10. The Bertz CT molecular complexity index is 529. The third kappa shape index (κ3) is 4.11. The Morgan fingerprint density at radius 1 is 1.45 bits per heavy atom. The molecule has 0 aliphatic heterocycles. The molecule has 0 aliphatic carbocycles. The summed E-state index contributed by atoms with van der Waals surface area (Å²) < 4.78 is 42.6. The summed E-state index contributed by atoms with van der Waals surface area (Å²) >= 11 is 0. The van der Waals surface area contributed by atoms with Crippen LogP contribution in [0, 0.1) is 10.1 Å². The third-order valence-electron chi connectivity index (χ3n) is 2.10. The Balaban J connectivity index is 3.06. The molecule has 110 valence electrons. The summed E-state index contributed by atoms with van der Waals surface area (Å²) in [5.41, 5.74) is -2.44. The summed E-state index contributed by atoms with van der Waals surface area (Å²) in [6.07, 6.45) is -4.81. The number of rotatable bonds is 4. The smallest absolute Gasteiger partial charge is 0.423 e. The summed E-state index contributed by atoms with van der Waals surface area (Å²) in [5.74, 6) is -0.0428. The van der Waals surface area contributed by atoms with E-state index < -0.39 is 22.4 Å². The summed E-state index contributed by atoms with van der Waals surface area (Å²) in [6, 6.07) is 2.17. The Labute approximate surface area is 111 Å². The van der Waals surface area contributed by atoms with Gasteiger partial charge >= 0.3 is 6.18 Å². The van der Waals surface area contributed by atoms with Crippen molar-refractivity contribution in [1.29, 1.82) is 0 Å². The van der Waals surface area contributed by atoms with Crippen molar-refractivity contribution in [2.75, 3.05) is 6.61 Å². The van der Waals surface area contributed by atoms with Gasteiger partial charge in [-0.25, -0.2) is 0 Å². The van der Waals surface area contributed by atoms with Crippen LogP contribution in [0.15, 0.2) is 23.4 Å². The molecule has 6 nitrogen and oxygen atoms in total. The largest absolute Gasteiger partial charge is 0.479 e. The molecule has 0 aliphatic rings. The van der Waals surface area contributed by atoms with Gasteiger partial charge in [0.1, 0.15) is 5.56 Å². The van der Waals surface area contributed by atoms with E-state index in [0.29, 0.717) is 18.7 Å². The van der Waals surface area contributed by atoms with Gasteiger partial charge in [0.15, 0.2) is 5.75 Å². The van der Waals surface area contributed by atoms with Crippen LogP contribution in [0.2, 0.25) is 0 Å². The lowest BCUT2D eigenvalue weighted by Gasteiger charge is -2.08. The average molecular weight is 292 g/mol. The average Bonchev–Trinajstić information content (AvgIpc) is 2.35. The molecule has 0 saturated carbocycles. The lowest BCUT2D eigenvalue weighted by molar-refractivity contribution is -0.388. The number of halogens is 3. The summed E-state index contributed by atoms with van der Waals surface area (Å²) in [7, 11) is 0. The Morgan fingerprint density at radius 2 is 2.10 bits per heavy atom. The van der Waals surface area contributed by atoms with Crippen molar-refractivity contribution in [3.8, 4) is 5.75 Å². The number of hydrogen-bond donors (Lipinski definition) is 0. The molecule has 0 atom stereocenters. The number of nitrogens with zero attached hydrogens (tertiary/aromatic N) is 2. The lowest BCUT2D eigenvalue weighted by atomic mass is 10.1. The molecule has 0 aromatic heterocycles. The second-order valence-corrected chi connectivity index (χ2v) is 3.57. The minimum Gasteiger partial charge on any atom is -0.479 e. The fraction of sp³-hybridized carbons (Fsp3) is 0.364. The van der Waals surface area contributed by atoms with Gasteiger partial charge in [-0.15, -0.1) is 0 Å². The highest BCUT2D eigenvalue weighted by molar-refractivity contribution is 5.72. The zero-order valence-corrected chi connectivity index (χ0v) is 10.6. The van der Waals surface area contributed by atoms with Crippen molar-refractivity contribution in [3.05, 3.63) is 33.9 Å². The second kappa shape index (κ2) is 6.22. The van der Waals surface area contributed by atoms with Gasteiger partial charge in [-0.1, -0.05) is 0 Å². The number of ether oxygens (including phenoxy) is 1. The molecule has 0 spiro atoms. The van der Waals surface area contributed by atoms with E-state index in [4.69, 9.17) is 9.57 Å². The number of oxime groups is 1. The predicted octanol–water partition coefficient (Wildman–Crippen LogP) is 3.36. The van der Waals surface area contributed by atoms with Gasteiger partial charge in [-0.2, -0.15) is 13.2 Å². The van der Waals surface area contributed by atoms with E-state index in [1.165, 1.54) is 6.92 Å². The molecule has 20 heavy (non-hydrogen) atoms. The maximum Gasteiger partial charge on any atom is 0.423 e. The van der Waals surface area contributed by atoms with Gasteiger partial charge in [0, 0.05) is 6.92 Å². The normalized spacial score (nSPS) is 12.2. The Hall–Kier alpha value is -2.32. The highest BCUT2D eigenvalue weighted by atomic mass is 19.4. The number of nitro groups is 1. The first-order valence-corrected chi connectivity index (χ1v) is 5.45. The molecule has 1 aromatic rings. The fourth-order valence-electron chi connectivity index (χ4n) is 1.31. The van der Waals surface area contributed by atoms with Crippen molar-refractivity contribution in [1.82, 2.24) is 0 Å². The van der Waals surface area contributed by atoms with Crippen LogP contribution in [0.5, 0.6) is 5.75 Å². The molecule has 0 N–H and O–H groups in total. The maximum atomic E-state index is 12.6. The number of nitro benzene ring substituents is 1. The standard InChI is InChI=1S/C11H11F3N2O4/c1-3-19-7(2)15-20-8-4-5-9(11(12,13)14)10(6-8)16(17)18/h4-6H,3H2,1-2H3/b15-7-. The Morgan fingerprint density at radius 3 is 2.60 bits per heavy atom. The lowest BCUT2D eigenvalue weighted by Crippen LogP contribution is -2.09. The van der Waals surface area contributed by atoms with E-state index in [-0.39, 0.29) is 11.6 Å². The van der Waals surface area contributed by atoms with Crippen molar-refractivity contribution in [2.24, 2.45) is 5.16 Å². The summed E-state index contributed by atoms with van der Waals surface area (Å²) in [6.45, 7) is 3.52. The van der Waals surface area contributed by atoms with E-state index >= 15 is 0 Å². The van der Waals surface area contributed by atoms with Crippen LogP contribution in [0.3, 0.4) is 0 Å².